The van der Waals surface area contributed by atoms with Crippen molar-refractivity contribution >= 4 is 11.8 Å². The Bertz CT molecular complexity index is 590. The summed E-state index contributed by atoms with van der Waals surface area (Å²) in [5.74, 6) is 0.595. The summed E-state index contributed by atoms with van der Waals surface area (Å²) in [4.78, 5) is 27.6. The van der Waals surface area contributed by atoms with Crippen LogP contribution in [0.5, 0.6) is 0 Å². The van der Waals surface area contributed by atoms with Crippen LogP contribution in [0.1, 0.15) is 51.3 Å². The number of benzene rings is 1. The van der Waals surface area contributed by atoms with E-state index >= 15 is 0 Å². The number of nitrogens with one attached hydrogen (secondary N) is 1. The minimum Gasteiger partial charge on any atom is -0.339 e. The number of aryl methyl sites for hydroxylation is 1. The monoisotopic (exact) mass is 359 g/mol. The summed E-state index contributed by atoms with van der Waals surface area (Å²) < 4.78 is 0. The van der Waals surface area contributed by atoms with E-state index in [2.05, 4.69) is 50.4 Å². The van der Waals surface area contributed by atoms with E-state index < -0.39 is 0 Å². The van der Waals surface area contributed by atoms with Gasteiger partial charge >= 0.3 is 0 Å². The minimum absolute atomic E-state index is 0.0848. The third-order valence-corrected chi connectivity index (χ3v) is 5.10. The van der Waals surface area contributed by atoms with Crippen LogP contribution in [0.2, 0.25) is 0 Å². The highest BCUT2D eigenvalue weighted by atomic mass is 16.2. The van der Waals surface area contributed by atoms with E-state index in [9.17, 15) is 9.59 Å². The number of hydrogen-bond donors (Lipinski definition) is 1. The summed E-state index contributed by atoms with van der Waals surface area (Å²) in [6.07, 6.45) is 2.25. The number of hydrogen-bond acceptors (Lipinski definition) is 3. The predicted octanol–water partition coefficient (Wildman–Crippen LogP) is 2.62. The molecular weight excluding hydrogens is 326 g/mol. The Balaban J connectivity index is 1.90. The van der Waals surface area contributed by atoms with Gasteiger partial charge in [0.15, 0.2) is 0 Å². The van der Waals surface area contributed by atoms with Crippen molar-refractivity contribution in [2.75, 3.05) is 32.7 Å². The standard InChI is InChI=1S/C21H33N3O2/c1-5-6-18-7-9-19(10-8-18)21(16(2)3)22-15-20(26)24-13-11-23(12-14-24)17(4)25/h7-10,16,21-22H,5-6,11-15H2,1-4H3. The van der Waals surface area contributed by atoms with Gasteiger partial charge in [0.1, 0.15) is 0 Å². The lowest BCUT2D eigenvalue weighted by molar-refractivity contribution is -0.137. The highest BCUT2D eigenvalue weighted by Crippen LogP contribution is 2.22. The SMILES string of the molecule is CCCc1ccc(C(NCC(=O)N2CCN(C(C)=O)CC2)C(C)C)cc1. The summed E-state index contributed by atoms with van der Waals surface area (Å²) >= 11 is 0. The Morgan fingerprint density at radius 1 is 1.04 bits per heavy atom. The molecular formula is C21H33N3O2. The molecule has 1 heterocycles. The number of piperazine rings is 1. The summed E-state index contributed by atoms with van der Waals surface area (Å²) in [5.41, 5.74) is 2.59. The molecule has 0 saturated carbocycles. The molecule has 5 heteroatoms. The van der Waals surface area contributed by atoms with E-state index in [0.29, 0.717) is 38.6 Å². The van der Waals surface area contributed by atoms with Crippen LogP contribution in [-0.2, 0) is 16.0 Å². The summed E-state index contributed by atoms with van der Waals surface area (Å²) in [6.45, 7) is 11.0. The summed E-state index contributed by atoms with van der Waals surface area (Å²) in [5, 5.41) is 3.45. The fourth-order valence-corrected chi connectivity index (χ4v) is 3.50. The van der Waals surface area contributed by atoms with Gasteiger partial charge in [-0.15, -0.1) is 0 Å². The molecule has 0 radical (unpaired) electrons. The van der Waals surface area contributed by atoms with Gasteiger partial charge in [0, 0.05) is 39.1 Å². The van der Waals surface area contributed by atoms with Crippen molar-refractivity contribution < 1.29 is 9.59 Å². The first-order valence-electron chi connectivity index (χ1n) is 9.77. The van der Waals surface area contributed by atoms with E-state index in [0.717, 1.165) is 12.8 Å². The fraction of sp³-hybridized carbons (Fsp3) is 0.619. The van der Waals surface area contributed by atoms with Crippen LogP contribution in [0, 0.1) is 5.92 Å². The maximum Gasteiger partial charge on any atom is 0.236 e. The predicted molar refractivity (Wildman–Crippen MR) is 105 cm³/mol. The zero-order chi connectivity index (χ0) is 19.1. The van der Waals surface area contributed by atoms with E-state index in [4.69, 9.17) is 0 Å². The molecule has 0 aliphatic carbocycles. The van der Waals surface area contributed by atoms with Gasteiger partial charge in [0.05, 0.1) is 6.54 Å². The largest absolute Gasteiger partial charge is 0.339 e. The Morgan fingerprint density at radius 2 is 1.62 bits per heavy atom. The molecule has 1 unspecified atom stereocenters. The smallest absolute Gasteiger partial charge is 0.236 e. The van der Waals surface area contributed by atoms with Crippen LogP contribution in [0.25, 0.3) is 0 Å². The van der Waals surface area contributed by atoms with Crippen LogP contribution in [0.15, 0.2) is 24.3 Å². The van der Waals surface area contributed by atoms with Crippen molar-refractivity contribution in [1.82, 2.24) is 15.1 Å². The van der Waals surface area contributed by atoms with E-state index in [1.54, 1.807) is 11.8 Å². The van der Waals surface area contributed by atoms with Crippen molar-refractivity contribution in [2.24, 2.45) is 5.92 Å². The molecule has 2 rings (SSSR count). The average Bonchev–Trinajstić information content (AvgIpc) is 2.63. The summed E-state index contributed by atoms with van der Waals surface area (Å²) in [7, 11) is 0. The molecule has 1 aromatic rings. The van der Waals surface area contributed by atoms with Crippen molar-refractivity contribution in [3.8, 4) is 0 Å². The topological polar surface area (TPSA) is 52.7 Å². The van der Waals surface area contributed by atoms with E-state index in [1.807, 2.05) is 4.90 Å². The number of nitrogens with zero attached hydrogens (tertiary/aromatic N) is 2. The second-order valence-electron chi connectivity index (χ2n) is 7.48. The van der Waals surface area contributed by atoms with Crippen molar-refractivity contribution in [3.63, 3.8) is 0 Å². The van der Waals surface area contributed by atoms with Crippen LogP contribution in [0.4, 0.5) is 0 Å². The van der Waals surface area contributed by atoms with Gasteiger partial charge in [0.2, 0.25) is 11.8 Å². The lowest BCUT2D eigenvalue weighted by atomic mass is 9.94. The fourth-order valence-electron chi connectivity index (χ4n) is 3.50. The molecule has 1 aromatic carbocycles. The first kappa shape index (κ1) is 20.4. The van der Waals surface area contributed by atoms with Crippen LogP contribution >= 0.6 is 0 Å². The average molecular weight is 360 g/mol. The second kappa shape index (κ2) is 9.72. The molecule has 5 nitrogen and oxygen atoms in total. The van der Waals surface area contributed by atoms with Crippen LogP contribution in [0.3, 0.4) is 0 Å². The molecule has 144 valence electrons. The number of carbonyl (C=O) groups is 2. The highest BCUT2D eigenvalue weighted by Gasteiger charge is 2.23. The molecule has 0 bridgehead atoms. The number of amides is 2. The third-order valence-electron chi connectivity index (χ3n) is 5.10. The third kappa shape index (κ3) is 5.56. The minimum atomic E-state index is 0.0848. The van der Waals surface area contributed by atoms with E-state index in [1.165, 1.54) is 11.1 Å². The number of rotatable bonds is 7. The molecule has 1 fully saturated rings. The van der Waals surface area contributed by atoms with Gasteiger partial charge < -0.3 is 15.1 Å². The Kier molecular flexibility index (Phi) is 7.64. The van der Waals surface area contributed by atoms with Gasteiger partial charge in [-0.2, -0.15) is 0 Å². The molecule has 1 atom stereocenters. The van der Waals surface area contributed by atoms with Crippen molar-refractivity contribution in [1.29, 1.82) is 0 Å². The van der Waals surface area contributed by atoms with E-state index in [-0.39, 0.29) is 17.9 Å². The van der Waals surface area contributed by atoms with Gasteiger partial charge in [-0.3, -0.25) is 9.59 Å². The zero-order valence-electron chi connectivity index (χ0n) is 16.6. The van der Waals surface area contributed by atoms with Gasteiger partial charge in [-0.25, -0.2) is 0 Å². The lowest BCUT2D eigenvalue weighted by Gasteiger charge is -2.34. The molecule has 2 amide bonds. The van der Waals surface area contributed by atoms with Crippen LogP contribution < -0.4 is 5.32 Å². The van der Waals surface area contributed by atoms with Gasteiger partial charge in [-0.05, 0) is 23.5 Å². The quantitative estimate of drug-likeness (QED) is 0.814. The van der Waals surface area contributed by atoms with Crippen LogP contribution in [-0.4, -0.2) is 54.3 Å². The molecule has 1 aliphatic rings. The highest BCUT2D eigenvalue weighted by molar-refractivity contribution is 5.79. The first-order chi connectivity index (χ1) is 12.4. The Labute approximate surface area is 157 Å². The van der Waals surface area contributed by atoms with Gasteiger partial charge in [0.25, 0.3) is 0 Å². The lowest BCUT2D eigenvalue weighted by Crippen LogP contribution is -2.52. The first-order valence-corrected chi connectivity index (χ1v) is 9.77. The Morgan fingerprint density at radius 3 is 2.12 bits per heavy atom. The maximum absolute atomic E-state index is 12.5. The van der Waals surface area contributed by atoms with Crippen molar-refractivity contribution in [2.45, 2.75) is 46.6 Å². The van der Waals surface area contributed by atoms with Gasteiger partial charge in [-0.1, -0.05) is 51.5 Å². The normalized spacial score (nSPS) is 16.0. The molecule has 0 spiro atoms. The Hall–Kier alpha value is -1.88. The zero-order valence-corrected chi connectivity index (χ0v) is 16.6. The molecule has 1 saturated heterocycles. The number of carbonyl (C=O) groups excluding carboxylic acids is 2. The molecule has 1 N–H and O–H groups in total. The summed E-state index contributed by atoms with van der Waals surface area (Å²) in [6, 6.07) is 8.91. The second-order valence-corrected chi connectivity index (χ2v) is 7.48. The molecule has 26 heavy (non-hydrogen) atoms. The van der Waals surface area contributed by atoms with Crippen molar-refractivity contribution in [3.05, 3.63) is 35.4 Å². The maximum atomic E-state index is 12.5. The molecule has 1 aliphatic heterocycles. The molecule has 0 aromatic heterocycles.